The van der Waals surface area contributed by atoms with E-state index in [1.807, 2.05) is 0 Å². The van der Waals surface area contributed by atoms with Crippen molar-refractivity contribution in [2.24, 2.45) is 5.92 Å². The molecule has 0 aromatic heterocycles. The molecule has 1 aliphatic carbocycles. The van der Waals surface area contributed by atoms with E-state index in [-0.39, 0.29) is 25.1 Å². The molecular weight excluding hydrogens is 224 g/mol. The maximum Gasteiger partial charge on any atom is 0.308 e. The molecule has 0 atom stereocenters. The minimum atomic E-state index is 0.0217. The molecule has 0 spiro atoms. The summed E-state index contributed by atoms with van der Waals surface area (Å²) >= 11 is 0. The minimum absolute atomic E-state index is 0.0217. The maximum absolute atomic E-state index is 10.9. The molecule has 1 fully saturated rings. The van der Waals surface area contributed by atoms with E-state index in [0.717, 1.165) is 25.7 Å². The third kappa shape index (κ3) is 11.6. The van der Waals surface area contributed by atoms with Crippen molar-refractivity contribution in [3.63, 3.8) is 0 Å². The summed E-state index contributed by atoms with van der Waals surface area (Å²) in [4.78, 5) is 10.9. The van der Waals surface area contributed by atoms with E-state index < -0.39 is 0 Å². The number of ether oxygens (including phenoxy) is 2. The van der Waals surface area contributed by atoms with Crippen LogP contribution in [0.5, 0.6) is 0 Å². The topological polar surface area (TPSA) is 76.0 Å². The summed E-state index contributed by atoms with van der Waals surface area (Å²) in [5, 5.41) is 16.2. The highest BCUT2D eigenvalue weighted by atomic mass is 16.5. The zero-order valence-corrected chi connectivity index (χ0v) is 10.6. The quantitative estimate of drug-likeness (QED) is 0.489. The molecule has 0 radical (unpaired) electrons. The Labute approximate surface area is 103 Å². The second-order valence-electron chi connectivity index (χ2n) is 3.85. The average Bonchev–Trinajstić information content (AvgIpc) is 3.15. The number of hydrogen-bond acceptors (Lipinski definition) is 5. The Kier molecular flexibility index (Phi) is 11.4. The molecule has 17 heavy (non-hydrogen) atoms. The molecule has 102 valence electrons. The third-order valence-electron chi connectivity index (χ3n) is 2.12. The van der Waals surface area contributed by atoms with Crippen molar-refractivity contribution >= 4 is 5.97 Å². The lowest BCUT2D eigenvalue weighted by Crippen LogP contribution is -2.07. The van der Waals surface area contributed by atoms with Gasteiger partial charge in [-0.1, -0.05) is 13.3 Å². The molecule has 0 amide bonds. The molecular formula is C12H24O5. The molecule has 0 unspecified atom stereocenters. The molecule has 5 nitrogen and oxygen atoms in total. The molecule has 0 bridgehead atoms. The van der Waals surface area contributed by atoms with Crippen molar-refractivity contribution in [2.75, 3.05) is 33.0 Å². The lowest BCUT2D eigenvalue weighted by atomic mass is 10.3. The van der Waals surface area contributed by atoms with Crippen molar-refractivity contribution in [3.05, 3.63) is 0 Å². The van der Waals surface area contributed by atoms with Crippen molar-refractivity contribution in [1.29, 1.82) is 0 Å². The summed E-state index contributed by atoms with van der Waals surface area (Å²) in [5.41, 5.74) is 0. The van der Waals surface area contributed by atoms with Crippen LogP contribution in [0.3, 0.4) is 0 Å². The Balaban J connectivity index is 0.000000325. The molecule has 0 aromatic rings. The first-order valence-electron chi connectivity index (χ1n) is 6.22. The van der Waals surface area contributed by atoms with Gasteiger partial charge in [0, 0.05) is 0 Å². The predicted molar refractivity (Wildman–Crippen MR) is 63.6 cm³/mol. The van der Waals surface area contributed by atoms with Crippen molar-refractivity contribution < 1.29 is 24.5 Å². The predicted octanol–water partition coefficient (Wildman–Crippen LogP) is 0.727. The fraction of sp³-hybridized carbons (Fsp3) is 0.917. The Morgan fingerprint density at radius 2 is 1.76 bits per heavy atom. The normalized spacial score (nSPS) is 13.8. The van der Waals surface area contributed by atoms with Gasteiger partial charge in [0.15, 0.2) is 0 Å². The van der Waals surface area contributed by atoms with Gasteiger partial charge in [0.05, 0.1) is 39.0 Å². The summed E-state index contributed by atoms with van der Waals surface area (Å²) in [6.45, 7) is 3.40. The van der Waals surface area contributed by atoms with Gasteiger partial charge in [0.25, 0.3) is 0 Å². The zero-order chi connectivity index (χ0) is 12.9. The Morgan fingerprint density at radius 3 is 2.18 bits per heavy atom. The summed E-state index contributed by atoms with van der Waals surface area (Å²) in [5.74, 6) is 0.283. The standard InChI is InChI=1S/C8H14O2.C4H10O3/c1-2-3-6-10-8(9)7-4-5-7;5-1-3-7-4-2-6/h7H,2-6H2,1H3;5-6H,1-4H2. The first kappa shape index (κ1) is 16.4. The Bertz CT molecular complexity index is 176. The van der Waals surface area contributed by atoms with Crippen LogP contribution in [0.15, 0.2) is 0 Å². The summed E-state index contributed by atoms with van der Waals surface area (Å²) in [7, 11) is 0. The number of aliphatic hydroxyl groups is 2. The maximum atomic E-state index is 10.9. The van der Waals surface area contributed by atoms with E-state index in [9.17, 15) is 4.79 Å². The number of rotatable bonds is 8. The van der Waals surface area contributed by atoms with Gasteiger partial charge in [-0.3, -0.25) is 4.79 Å². The van der Waals surface area contributed by atoms with Crippen LogP contribution in [0.4, 0.5) is 0 Å². The number of aliphatic hydroxyl groups excluding tert-OH is 2. The molecule has 0 aliphatic heterocycles. The molecule has 1 rings (SSSR count). The van der Waals surface area contributed by atoms with Crippen LogP contribution >= 0.6 is 0 Å². The van der Waals surface area contributed by atoms with Gasteiger partial charge in [-0.25, -0.2) is 0 Å². The van der Waals surface area contributed by atoms with E-state index in [4.69, 9.17) is 14.9 Å². The van der Waals surface area contributed by atoms with Gasteiger partial charge in [-0.15, -0.1) is 0 Å². The van der Waals surface area contributed by atoms with E-state index in [1.165, 1.54) is 0 Å². The number of unbranched alkanes of at least 4 members (excludes halogenated alkanes) is 1. The number of carbonyl (C=O) groups is 1. The van der Waals surface area contributed by atoms with E-state index in [2.05, 4.69) is 11.7 Å². The van der Waals surface area contributed by atoms with Gasteiger partial charge in [0.1, 0.15) is 0 Å². The summed E-state index contributed by atoms with van der Waals surface area (Å²) in [6, 6.07) is 0. The van der Waals surface area contributed by atoms with Crippen molar-refractivity contribution in [3.8, 4) is 0 Å². The van der Waals surface area contributed by atoms with Crippen LogP contribution in [-0.2, 0) is 14.3 Å². The fourth-order valence-electron chi connectivity index (χ4n) is 0.985. The smallest absolute Gasteiger partial charge is 0.308 e. The fourth-order valence-corrected chi connectivity index (χ4v) is 0.985. The van der Waals surface area contributed by atoms with Crippen LogP contribution in [0.25, 0.3) is 0 Å². The van der Waals surface area contributed by atoms with Crippen LogP contribution < -0.4 is 0 Å². The minimum Gasteiger partial charge on any atom is -0.465 e. The SMILES string of the molecule is CCCCOC(=O)C1CC1.OCCOCCO. The number of hydrogen-bond donors (Lipinski definition) is 2. The van der Waals surface area contributed by atoms with Gasteiger partial charge < -0.3 is 19.7 Å². The molecule has 1 aliphatic rings. The third-order valence-corrected chi connectivity index (χ3v) is 2.12. The van der Waals surface area contributed by atoms with Crippen LogP contribution in [0.1, 0.15) is 32.6 Å². The first-order valence-corrected chi connectivity index (χ1v) is 6.22. The molecule has 1 saturated carbocycles. The molecule has 0 saturated heterocycles. The molecule has 2 N–H and O–H groups in total. The highest BCUT2D eigenvalue weighted by Gasteiger charge is 2.30. The largest absolute Gasteiger partial charge is 0.465 e. The van der Waals surface area contributed by atoms with E-state index in [0.29, 0.717) is 19.8 Å². The van der Waals surface area contributed by atoms with E-state index >= 15 is 0 Å². The zero-order valence-electron chi connectivity index (χ0n) is 10.6. The first-order chi connectivity index (χ1) is 8.26. The highest BCUT2D eigenvalue weighted by Crippen LogP contribution is 2.29. The summed E-state index contributed by atoms with van der Waals surface area (Å²) < 4.78 is 9.60. The van der Waals surface area contributed by atoms with Crippen molar-refractivity contribution in [2.45, 2.75) is 32.6 Å². The van der Waals surface area contributed by atoms with Crippen LogP contribution in [0, 0.1) is 5.92 Å². The second-order valence-corrected chi connectivity index (χ2v) is 3.85. The van der Waals surface area contributed by atoms with Gasteiger partial charge >= 0.3 is 5.97 Å². The Hall–Kier alpha value is -0.650. The lowest BCUT2D eigenvalue weighted by molar-refractivity contribution is -0.145. The highest BCUT2D eigenvalue weighted by molar-refractivity contribution is 5.74. The van der Waals surface area contributed by atoms with E-state index in [1.54, 1.807) is 0 Å². The molecule has 0 aromatic carbocycles. The van der Waals surface area contributed by atoms with Crippen LogP contribution in [-0.4, -0.2) is 49.2 Å². The lowest BCUT2D eigenvalue weighted by Gasteiger charge is -2.00. The van der Waals surface area contributed by atoms with Crippen LogP contribution in [0.2, 0.25) is 0 Å². The summed E-state index contributed by atoms with van der Waals surface area (Å²) in [6.07, 6.45) is 4.19. The van der Waals surface area contributed by atoms with Gasteiger partial charge in [-0.2, -0.15) is 0 Å². The van der Waals surface area contributed by atoms with Gasteiger partial charge in [-0.05, 0) is 19.3 Å². The van der Waals surface area contributed by atoms with Crippen molar-refractivity contribution in [1.82, 2.24) is 0 Å². The monoisotopic (exact) mass is 248 g/mol. The second kappa shape index (κ2) is 11.8. The Morgan fingerprint density at radius 1 is 1.18 bits per heavy atom. The molecule has 0 heterocycles. The number of esters is 1. The average molecular weight is 248 g/mol. The van der Waals surface area contributed by atoms with Gasteiger partial charge in [0.2, 0.25) is 0 Å². The number of carbonyl (C=O) groups excluding carboxylic acids is 1. The molecule has 5 heteroatoms.